The van der Waals surface area contributed by atoms with Crippen LogP contribution in [0.25, 0.3) is 11.3 Å². The molecule has 0 unspecified atom stereocenters. The number of hydrazone groups is 1. The summed E-state index contributed by atoms with van der Waals surface area (Å²) >= 11 is 0. The van der Waals surface area contributed by atoms with Crippen LogP contribution in [0.4, 0.5) is 0 Å². The minimum absolute atomic E-state index is 0.137. The lowest BCUT2D eigenvalue weighted by Crippen LogP contribution is -2.18. The summed E-state index contributed by atoms with van der Waals surface area (Å²) in [5, 5.41) is 12.6. The molecule has 1 heterocycles. The van der Waals surface area contributed by atoms with Gasteiger partial charge in [0.2, 0.25) is 0 Å². The molecule has 0 saturated carbocycles. The molecular formula is C19H15N3O3S. The standard InChI is InChI=1S/C19H15N3O3S/c1-14-2-9-18(10-3-14)26(23,24)22-21-13-17-8-11-19(25-17)16-6-4-15(12-20)5-7-16/h2-11,13,22H,1H3/b21-13-. The molecule has 130 valence electrons. The summed E-state index contributed by atoms with van der Waals surface area (Å²) in [5.74, 6) is 0.994. The number of nitrogens with one attached hydrogen (secondary N) is 1. The van der Waals surface area contributed by atoms with Crippen LogP contribution in [0.2, 0.25) is 0 Å². The van der Waals surface area contributed by atoms with Gasteiger partial charge < -0.3 is 4.42 Å². The number of sulfonamides is 1. The highest BCUT2D eigenvalue weighted by Gasteiger charge is 2.12. The zero-order valence-electron chi connectivity index (χ0n) is 13.9. The van der Waals surface area contributed by atoms with E-state index in [0.29, 0.717) is 17.1 Å². The third kappa shape index (κ3) is 3.99. The van der Waals surface area contributed by atoms with Gasteiger partial charge in [0.05, 0.1) is 22.7 Å². The quantitative estimate of drug-likeness (QED) is 0.553. The first kappa shape index (κ1) is 17.5. The second-order valence-electron chi connectivity index (χ2n) is 5.56. The van der Waals surface area contributed by atoms with E-state index in [2.05, 4.69) is 16.0 Å². The molecule has 7 heteroatoms. The van der Waals surface area contributed by atoms with Crippen LogP contribution >= 0.6 is 0 Å². The van der Waals surface area contributed by atoms with Crippen molar-refractivity contribution >= 4 is 16.2 Å². The average molecular weight is 365 g/mol. The van der Waals surface area contributed by atoms with E-state index in [1.165, 1.54) is 18.3 Å². The van der Waals surface area contributed by atoms with Crippen LogP contribution < -0.4 is 4.83 Å². The van der Waals surface area contributed by atoms with Crippen LogP contribution in [-0.4, -0.2) is 14.6 Å². The second kappa shape index (κ2) is 7.25. The lowest BCUT2D eigenvalue weighted by atomic mass is 10.1. The predicted octanol–water partition coefficient (Wildman–Crippen LogP) is 3.44. The smallest absolute Gasteiger partial charge is 0.276 e. The van der Waals surface area contributed by atoms with Gasteiger partial charge in [0.1, 0.15) is 11.5 Å². The van der Waals surface area contributed by atoms with Gasteiger partial charge in [-0.3, -0.25) is 0 Å². The van der Waals surface area contributed by atoms with E-state index in [-0.39, 0.29) is 4.90 Å². The first-order valence-corrected chi connectivity index (χ1v) is 9.18. The molecule has 2 aromatic carbocycles. The number of hydrogen-bond acceptors (Lipinski definition) is 5. The maximum Gasteiger partial charge on any atom is 0.276 e. The Hall–Kier alpha value is -3.37. The second-order valence-corrected chi connectivity index (χ2v) is 7.22. The molecule has 0 fully saturated rings. The fraction of sp³-hybridized carbons (Fsp3) is 0.0526. The molecule has 0 atom stereocenters. The summed E-state index contributed by atoms with van der Waals surface area (Å²) in [4.78, 5) is 2.29. The van der Waals surface area contributed by atoms with E-state index in [9.17, 15) is 8.42 Å². The first-order valence-electron chi connectivity index (χ1n) is 7.70. The largest absolute Gasteiger partial charge is 0.455 e. The molecule has 1 N–H and O–H groups in total. The highest BCUT2D eigenvalue weighted by atomic mass is 32.2. The molecule has 0 aliphatic rings. The van der Waals surface area contributed by atoms with Crippen molar-refractivity contribution < 1.29 is 12.8 Å². The lowest BCUT2D eigenvalue weighted by molar-refractivity contribution is 0.573. The SMILES string of the molecule is Cc1ccc(S(=O)(=O)N/N=C\c2ccc(-c3ccc(C#N)cc3)o2)cc1. The zero-order chi connectivity index (χ0) is 18.6. The summed E-state index contributed by atoms with van der Waals surface area (Å²) in [6.45, 7) is 1.88. The summed E-state index contributed by atoms with van der Waals surface area (Å²) in [6, 6.07) is 18.9. The Morgan fingerprint density at radius 2 is 1.73 bits per heavy atom. The highest BCUT2D eigenvalue weighted by Crippen LogP contribution is 2.21. The van der Waals surface area contributed by atoms with Crippen molar-refractivity contribution in [2.24, 2.45) is 5.10 Å². The topological polar surface area (TPSA) is 95.5 Å². The number of nitriles is 1. The van der Waals surface area contributed by atoms with Crippen LogP contribution in [-0.2, 0) is 10.0 Å². The number of nitrogens with zero attached hydrogens (tertiary/aromatic N) is 2. The molecule has 0 spiro atoms. The summed E-state index contributed by atoms with van der Waals surface area (Å²) in [5.41, 5.74) is 2.34. The van der Waals surface area contributed by atoms with Crippen LogP contribution in [0.5, 0.6) is 0 Å². The molecule has 0 amide bonds. The molecular weight excluding hydrogens is 350 g/mol. The average Bonchev–Trinajstić information content (AvgIpc) is 3.11. The molecule has 0 aliphatic heterocycles. The van der Waals surface area contributed by atoms with Gasteiger partial charge in [-0.1, -0.05) is 17.7 Å². The van der Waals surface area contributed by atoms with Crippen molar-refractivity contribution in [3.63, 3.8) is 0 Å². The van der Waals surface area contributed by atoms with Gasteiger partial charge in [0, 0.05) is 5.56 Å². The molecule has 26 heavy (non-hydrogen) atoms. The lowest BCUT2D eigenvalue weighted by Gasteiger charge is -2.03. The Kier molecular flexibility index (Phi) is 4.87. The van der Waals surface area contributed by atoms with E-state index >= 15 is 0 Å². The molecule has 0 saturated heterocycles. The minimum atomic E-state index is -3.72. The van der Waals surface area contributed by atoms with Gasteiger partial charge in [0.25, 0.3) is 10.0 Å². The van der Waals surface area contributed by atoms with Crippen molar-refractivity contribution in [1.29, 1.82) is 5.26 Å². The fourth-order valence-electron chi connectivity index (χ4n) is 2.22. The van der Waals surface area contributed by atoms with E-state index in [0.717, 1.165) is 11.1 Å². The van der Waals surface area contributed by atoms with Gasteiger partial charge in [-0.15, -0.1) is 0 Å². The number of aryl methyl sites for hydroxylation is 1. The molecule has 1 aromatic heterocycles. The summed E-state index contributed by atoms with van der Waals surface area (Å²) in [6.07, 6.45) is 1.29. The number of furan rings is 1. The van der Waals surface area contributed by atoms with E-state index in [1.807, 2.05) is 6.92 Å². The van der Waals surface area contributed by atoms with Gasteiger partial charge in [-0.25, -0.2) is 0 Å². The monoisotopic (exact) mass is 365 g/mol. The normalized spacial score (nSPS) is 11.4. The molecule has 0 aliphatic carbocycles. The maximum atomic E-state index is 12.1. The Balaban J connectivity index is 1.70. The predicted molar refractivity (Wildman–Crippen MR) is 98.0 cm³/mol. The zero-order valence-corrected chi connectivity index (χ0v) is 14.7. The molecule has 0 radical (unpaired) electrons. The van der Waals surface area contributed by atoms with Crippen LogP contribution in [0, 0.1) is 18.3 Å². The molecule has 0 bridgehead atoms. The Bertz CT molecular complexity index is 1070. The number of hydrogen-bond donors (Lipinski definition) is 1. The van der Waals surface area contributed by atoms with Crippen molar-refractivity contribution in [1.82, 2.24) is 4.83 Å². The van der Waals surface area contributed by atoms with Crippen LogP contribution in [0.3, 0.4) is 0 Å². The van der Waals surface area contributed by atoms with E-state index in [1.54, 1.807) is 48.5 Å². The van der Waals surface area contributed by atoms with E-state index < -0.39 is 10.0 Å². The molecule has 6 nitrogen and oxygen atoms in total. The molecule has 3 aromatic rings. The number of rotatable bonds is 5. The number of benzene rings is 2. The van der Waals surface area contributed by atoms with Crippen molar-refractivity contribution in [2.45, 2.75) is 11.8 Å². The van der Waals surface area contributed by atoms with Crippen LogP contribution in [0.15, 0.2) is 75.1 Å². The van der Waals surface area contributed by atoms with Gasteiger partial charge >= 0.3 is 0 Å². The Morgan fingerprint density at radius 1 is 1.04 bits per heavy atom. The van der Waals surface area contributed by atoms with Gasteiger partial charge in [-0.2, -0.15) is 23.6 Å². The minimum Gasteiger partial charge on any atom is -0.455 e. The summed E-state index contributed by atoms with van der Waals surface area (Å²) < 4.78 is 29.9. The maximum absolute atomic E-state index is 12.1. The van der Waals surface area contributed by atoms with Crippen LogP contribution in [0.1, 0.15) is 16.9 Å². The Labute approximate surface area is 151 Å². The molecule has 3 rings (SSSR count). The van der Waals surface area contributed by atoms with Crippen molar-refractivity contribution in [3.8, 4) is 17.4 Å². The third-order valence-corrected chi connectivity index (χ3v) is 4.86. The summed E-state index contributed by atoms with van der Waals surface area (Å²) in [7, 11) is -3.72. The Morgan fingerprint density at radius 3 is 2.38 bits per heavy atom. The van der Waals surface area contributed by atoms with Gasteiger partial charge in [-0.05, 0) is 55.5 Å². The third-order valence-electron chi connectivity index (χ3n) is 3.62. The van der Waals surface area contributed by atoms with Crippen molar-refractivity contribution in [2.75, 3.05) is 0 Å². The van der Waals surface area contributed by atoms with Gasteiger partial charge in [0.15, 0.2) is 0 Å². The highest BCUT2D eigenvalue weighted by molar-refractivity contribution is 7.89. The van der Waals surface area contributed by atoms with Crippen molar-refractivity contribution in [3.05, 3.63) is 77.6 Å². The fourth-order valence-corrected chi connectivity index (χ4v) is 3.01. The van der Waals surface area contributed by atoms with E-state index in [4.69, 9.17) is 9.68 Å². The first-order chi connectivity index (χ1) is 12.5.